The third-order valence-electron chi connectivity index (χ3n) is 3.16. The van der Waals surface area contributed by atoms with E-state index in [9.17, 15) is 13.2 Å². The Morgan fingerprint density at radius 2 is 1.41 bits per heavy atom. The zero-order valence-corrected chi connectivity index (χ0v) is 12.6. The Morgan fingerprint density at radius 3 is 1.91 bits per heavy atom. The maximum atomic E-state index is 12.5. The molecule has 22 heavy (non-hydrogen) atoms. The SMILES string of the molecule is FC(F)(F)c1ccc(Cc2ccc(OCCCCl)cc2)cc1. The van der Waals surface area contributed by atoms with Crippen molar-refractivity contribution in [1.82, 2.24) is 0 Å². The number of hydrogen-bond donors (Lipinski definition) is 0. The van der Waals surface area contributed by atoms with Crippen LogP contribution in [-0.2, 0) is 12.6 Å². The Bertz CT molecular complexity index is 576. The molecule has 0 N–H and O–H groups in total. The van der Waals surface area contributed by atoms with E-state index in [1.54, 1.807) is 0 Å². The van der Waals surface area contributed by atoms with Crippen LogP contribution in [0.15, 0.2) is 48.5 Å². The zero-order valence-electron chi connectivity index (χ0n) is 11.9. The van der Waals surface area contributed by atoms with Gasteiger partial charge in [0.15, 0.2) is 0 Å². The van der Waals surface area contributed by atoms with Crippen LogP contribution in [-0.4, -0.2) is 12.5 Å². The highest BCUT2D eigenvalue weighted by atomic mass is 35.5. The summed E-state index contributed by atoms with van der Waals surface area (Å²) in [6.07, 6.45) is -2.92. The monoisotopic (exact) mass is 328 g/mol. The topological polar surface area (TPSA) is 9.23 Å². The van der Waals surface area contributed by atoms with Crippen LogP contribution in [0, 0.1) is 0 Å². The highest BCUT2D eigenvalue weighted by molar-refractivity contribution is 6.17. The van der Waals surface area contributed by atoms with Crippen LogP contribution < -0.4 is 4.74 Å². The minimum absolute atomic E-state index is 0.562. The molecule has 0 spiro atoms. The summed E-state index contributed by atoms with van der Waals surface area (Å²) in [4.78, 5) is 0. The Hall–Kier alpha value is -1.68. The van der Waals surface area contributed by atoms with Gasteiger partial charge in [0, 0.05) is 5.88 Å². The molecular formula is C17H16ClF3O. The molecule has 0 aliphatic heterocycles. The molecule has 0 atom stereocenters. The fourth-order valence-electron chi connectivity index (χ4n) is 2.00. The summed E-state index contributed by atoms with van der Waals surface area (Å²) in [7, 11) is 0. The van der Waals surface area contributed by atoms with E-state index in [4.69, 9.17) is 16.3 Å². The van der Waals surface area contributed by atoms with Crippen molar-refractivity contribution in [3.05, 3.63) is 65.2 Å². The van der Waals surface area contributed by atoms with Gasteiger partial charge >= 0.3 is 6.18 Å². The number of halogens is 4. The molecule has 0 amide bonds. The molecule has 0 saturated carbocycles. The lowest BCUT2D eigenvalue weighted by Gasteiger charge is -2.09. The average Bonchev–Trinajstić information content (AvgIpc) is 2.49. The fraction of sp³-hybridized carbons (Fsp3) is 0.294. The number of benzene rings is 2. The number of alkyl halides is 4. The lowest BCUT2D eigenvalue weighted by Crippen LogP contribution is -2.04. The van der Waals surface area contributed by atoms with Gasteiger partial charge in [0.1, 0.15) is 5.75 Å². The van der Waals surface area contributed by atoms with Crippen molar-refractivity contribution in [2.75, 3.05) is 12.5 Å². The van der Waals surface area contributed by atoms with E-state index in [-0.39, 0.29) is 0 Å². The van der Waals surface area contributed by atoms with Crippen LogP contribution in [0.3, 0.4) is 0 Å². The van der Waals surface area contributed by atoms with Crippen LogP contribution in [0.1, 0.15) is 23.1 Å². The fourth-order valence-corrected chi connectivity index (χ4v) is 2.10. The Kier molecular flexibility index (Phi) is 5.72. The van der Waals surface area contributed by atoms with Crippen molar-refractivity contribution in [2.24, 2.45) is 0 Å². The second-order valence-electron chi connectivity index (χ2n) is 4.91. The van der Waals surface area contributed by atoms with Crippen molar-refractivity contribution < 1.29 is 17.9 Å². The third-order valence-corrected chi connectivity index (χ3v) is 3.43. The molecule has 2 aromatic rings. The maximum Gasteiger partial charge on any atom is 0.416 e. The largest absolute Gasteiger partial charge is 0.494 e. The van der Waals surface area contributed by atoms with Crippen LogP contribution in [0.5, 0.6) is 5.75 Å². The molecule has 1 nitrogen and oxygen atoms in total. The zero-order chi connectivity index (χ0) is 16.0. The molecule has 0 saturated heterocycles. The summed E-state index contributed by atoms with van der Waals surface area (Å²) >= 11 is 5.57. The van der Waals surface area contributed by atoms with Crippen molar-refractivity contribution >= 4 is 11.6 Å². The molecule has 0 unspecified atom stereocenters. The van der Waals surface area contributed by atoms with E-state index in [2.05, 4.69) is 0 Å². The summed E-state index contributed by atoms with van der Waals surface area (Å²) in [5.74, 6) is 1.33. The van der Waals surface area contributed by atoms with E-state index in [1.165, 1.54) is 12.1 Å². The second-order valence-corrected chi connectivity index (χ2v) is 5.28. The number of hydrogen-bond acceptors (Lipinski definition) is 1. The van der Waals surface area contributed by atoms with Gasteiger partial charge < -0.3 is 4.74 Å². The van der Waals surface area contributed by atoms with Gasteiger partial charge in [0.2, 0.25) is 0 Å². The summed E-state index contributed by atoms with van der Waals surface area (Å²) in [5, 5.41) is 0. The van der Waals surface area contributed by atoms with E-state index < -0.39 is 11.7 Å². The predicted molar refractivity (Wildman–Crippen MR) is 81.5 cm³/mol. The summed E-state index contributed by atoms with van der Waals surface area (Å²) in [5.41, 5.74) is 1.23. The van der Waals surface area contributed by atoms with E-state index in [0.29, 0.717) is 18.9 Å². The molecule has 0 radical (unpaired) electrons. The van der Waals surface area contributed by atoms with Crippen LogP contribution >= 0.6 is 11.6 Å². The van der Waals surface area contributed by atoms with Gasteiger partial charge in [-0.15, -0.1) is 11.6 Å². The van der Waals surface area contributed by atoms with Crippen LogP contribution in [0.2, 0.25) is 0 Å². The molecule has 0 heterocycles. The van der Waals surface area contributed by atoms with Crippen molar-refractivity contribution in [3.63, 3.8) is 0 Å². The maximum absolute atomic E-state index is 12.5. The van der Waals surface area contributed by atoms with Crippen molar-refractivity contribution in [2.45, 2.75) is 19.0 Å². The van der Waals surface area contributed by atoms with Gasteiger partial charge in [-0.25, -0.2) is 0 Å². The van der Waals surface area contributed by atoms with Gasteiger partial charge in [-0.05, 0) is 48.2 Å². The molecular weight excluding hydrogens is 313 g/mol. The normalized spacial score (nSPS) is 11.5. The first kappa shape index (κ1) is 16.7. The lowest BCUT2D eigenvalue weighted by molar-refractivity contribution is -0.137. The third kappa shape index (κ3) is 4.95. The lowest BCUT2D eigenvalue weighted by atomic mass is 10.0. The van der Waals surface area contributed by atoms with E-state index in [1.807, 2.05) is 24.3 Å². The predicted octanol–water partition coefficient (Wildman–Crippen LogP) is 5.30. The highest BCUT2D eigenvalue weighted by Gasteiger charge is 2.29. The quantitative estimate of drug-likeness (QED) is 0.516. The molecule has 0 aliphatic rings. The molecule has 118 valence electrons. The smallest absolute Gasteiger partial charge is 0.416 e. The Labute approximate surface area is 132 Å². The average molecular weight is 329 g/mol. The van der Waals surface area contributed by atoms with E-state index >= 15 is 0 Å². The van der Waals surface area contributed by atoms with Crippen LogP contribution in [0.25, 0.3) is 0 Å². The van der Waals surface area contributed by atoms with Gasteiger partial charge in [-0.3, -0.25) is 0 Å². The molecule has 2 aromatic carbocycles. The second kappa shape index (κ2) is 7.54. The standard InChI is InChI=1S/C17H16ClF3O/c18-10-1-11-22-16-8-4-14(5-9-16)12-13-2-6-15(7-3-13)17(19,20)21/h2-9H,1,10-12H2. The minimum atomic E-state index is -4.29. The van der Waals surface area contributed by atoms with Gasteiger partial charge in [-0.1, -0.05) is 24.3 Å². The molecule has 0 aromatic heterocycles. The molecule has 0 bridgehead atoms. The van der Waals surface area contributed by atoms with Gasteiger partial charge in [0.05, 0.1) is 12.2 Å². The Morgan fingerprint density at radius 1 is 0.864 bits per heavy atom. The first-order chi connectivity index (χ1) is 10.5. The van der Waals surface area contributed by atoms with Gasteiger partial charge in [-0.2, -0.15) is 13.2 Å². The minimum Gasteiger partial charge on any atom is -0.494 e. The first-order valence-electron chi connectivity index (χ1n) is 6.93. The molecule has 5 heteroatoms. The van der Waals surface area contributed by atoms with E-state index in [0.717, 1.165) is 35.4 Å². The van der Waals surface area contributed by atoms with Crippen molar-refractivity contribution in [1.29, 1.82) is 0 Å². The number of ether oxygens (including phenoxy) is 1. The molecule has 0 fully saturated rings. The Balaban J connectivity index is 1.96. The van der Waals surface area contributed by atoms with Gasteiger partial charge in [0.25, 0.3) is 0 Å². The van der Waals surface area contributed by atoms with Crippen LogP contribution in [0.4, 0.5) is 13.2 Å². The molecule has 0 aliphatic carbocycles. The summed E-state index contributed by atoms with van der Waals surface area (Å²) in [6, 6.07) is 12.8. The molecule has 2 rings (SSSR count). The summed E-state index contributed by atoms with van der Waals surface area (Å²) in [6.45, 7) is 0.571. The number of rotatable bonds is 6. The summed E-state index contributed by atoms with van der Waals surface area (Å²) < 4.78 is 43.0. The first-order valence-corrected chi connectivity index (χ1v) is 7.46. The van der Waals surface area contributed by atoms with Crippen molar-refractivity contribution in [3.8, 4) is 5.75 Å². The highest BCUT2D eigenvalue weighted by Crippen LogP contribution is 2.29.